The van der Waals surface area contributed by atoms with Crippen molar-refractivity contribution in [1.29, 1.82) is 0 Å². The number of anilines is 1. The van der Waals surface area contributed by atoms with E-state index in [2.05, 4.69) is 10.6 Å². The van der Waals surface area contributed by atoms with Gasteiger partial charge in [0.1, 0.15) is 0 Å². The van der Waals surface area contributed by atoms with Crippen molar-refractivity contribution >= 4 is 34.0 Å². The topological polar surface area (TPSA) is 78.5 Å². The molecule has 0 unspecified atom stereocenters. The van der Waals surface area contributed by atoms with Gasteiger partial charge in [0.05, 0.1) is 6.26 Å². The van der Waals surface area contributed by atoms with Crippen molar-refractivity contribution in [3.05, 3.63) is 29.8 Å². The molecule has 1 saturated heterocycles. The smallest absolute Gasteiger partial charge is 0.227 e. The van der Waals surface area contributed by atoms with Crippen LogP contribution in [0.5, 0.6) is 0 Å². The molecule has 0 spiro atoms. The highest BCUT2D eigenvalue weighted by atomic mass is 35.5. The van der Waals surface area contributed by atoms with Crippen LogP contribution in [0.2, 0.25) is 0 Å². The van der Waals surface area contributed by atoms with Crippen LogP contribution in [0.3, 0.4) is 0 Å². The largest absolute Gasteiger partial charge is 0.326 e. The molecule has 2 N–H and O–H groups in total. The summed E-state index contributed by atoms with van der Waals surface area (Å²) in [6.07, 6.45) is 2.34. The van der Waals surface area contributed by atoms with E-state index >= 15 is 0 Å². The molecule has 0 aliphatic carbocycles. The number of hydrogen-bond acceptors (Lipinski definition) is 4. The van der Waals surface area contributed by atoms with Gasteiger partial charge in [0.2, 0.25) is 15.9 Å². The van der Waals surface area contributed by atoms with E-state index in [1.54, 1.807) is 0 Å². The van der Waals surface area contributed by atoms with Gasteiger partial charge in [-0.3, -0.25) is 4.79 Å². The van der Waals surface area contributed by atoms with E-state index < -0.39 is 10.0 Å². The number of nitrogens with zero attached hydrogens (tertiary/aromatic N) is 1. The first-order valence-electron chi connectivity index (χ1n) is 7.96. The Kier molecular flexibility index (Phi) is 8.15. The number of carbonyl (C=O) groups is 1. The van der Waals surface area contributed by atoms with Crippen molar-refractivity contribution in [2.24, 2.45) is 5.92 Å². The number of amides is 1. The number of para-hydroxylation sites is 1. The van der Waals surface area contributed by atoms with Gasteiger partial charge in [-0.2, -0.15) is 0 Å². The molecular weight excluding hydrogens is 350 g/mol. The second-order valence-electron chi connectivity index (χ2n) is 5.86. The molecule has 1 aliphatic rings. The Hall–Kier alpha value is -1.15. The van der Waals surface area contributed by atoms with E-state index in [0.717, 1.165) is 17.8 Å². The lowest BCUT2D eigenvalue weighted by Crippen LogP contribution is -2.41. The maximum atomic E-state index is 12.5. The first-order chi connectivity index (χ1) is 10.9. The molecule has 1 amide bonds. The molecule has 0 aromatic heterocycles. The number of sulfonamides is 1. The minimum Gasteiger partial charge on any atom is -0.326 e. The molecule has 2 rings (SSSR count). The van der Waals surface area contributed by atoms with E-state index in [0.29, 0.717) is 32.5 Å². The van der Waals surface area contributed by atoms with Crippen molar-refractivity contribution in [3.63, 3.8) is 0 Å². The predicted molar refractivity (Wildman–Crippen MR) is 98.8 cm³/mol. The third-order valence-electron chi connectivity index (χ3n) is 4.13. The third-order valence-corrected chi connectivity index (χ3v) is 5.44. The average Bonchev–Trinajstić information content (AvgIpc) is 2.53. The van der Waals surface area contributed by atoms with Gasteiger partial charge in [0.15, 0.2) is 0 Å². The molecule has 1 aliphatic heterocycles. The summed E-state index contributed by atoms with van der Waals surface area (Å²) in [6.45, 7) is 4.44. The highest BCUT2D eigenvalue weighted by Gasteiger charge is 2.29. The van der Waals surface area contributed by atoms with Crippen molar-refractivity contribution in [3.8, 4) is 0 Å². The molecule has 1 aromatic carbocycles. The van der Waals surface area contributed by atoms with Crippen LogP contribution in [0.25, 0.3) is 0 Å². The van der Waals surface area contributed by atoms with E-state index in [1.165, 1.54) is 10.6 Å². The van der Waals surface area contributed by atoms with Crippen molar-refractivity contribution in [2.45, 2.75) is 26.3 Å². The SMILES string of the molecule is CCNCc1ccccc1NC(=O)C1CCN(S(C)(=O)=O)CC1.Cl. The standard InChI is InChI=1S/C16H25N3O3S.ClH/c1-3-17-12-14-6-4-5-7-15(14)18-16(20)13-8-10-19(11-9-13)23(2,21)22;/h4-7,13,17H,3,8-12H2,1-2H3,(H,18,20);1H. The molecular formula is C16H26ClN3O3S. The minimum absolute atomic E-state index is 0. The monoisotopic (exact) mass is 375 g/mol. The maximum Gasteiger partial charge on any atom is 0.227 e. The highest BCUT2D eigenvalue weighted by Crippen LogP contribution is 2.22. The van der Waals surface area contributed by atoms with Gasteiger partial charge in [-0.25, -0.2) is 12.7 Å². The molecule has 24 heavy (non-hydrogen) atoms. The van der Waals surface area contributed by atoms with Gasteiger partial charge in [-0.05, 0) is 31.0 Å². The van der Waals surface area contributed by atoms with Crippen LogP contribution in [0.4, 0.5) is 5.69 Å². The molecule has 1 aromatic rings. The summed E-state index contributed by atoms with van der Waals surface area (Å²) < 4.78 is 24.5. The molecule has 1 fully saturated rings. The Labute approximate surface area is 150 Å². The molecule has 6 nitrogen and oxygen atoms in total. The zero-order valence-corrected chi connectivity index (χ0v) is 15.8. The van der Waals surface area contributed by atoms with Crippen LogP contribution in [0.15, 0.2) is 24.3 Å². The number of rotatable bonds is 6. The molecule has 0 radical (unpaired) electrons. The normalized spacial score (nSPS) is 16.4. The Bertz CT molecular complexity index is 644. The van der Waals surface area contributed by atoms with Crippen molar-refractivity contribution in [1.82, 2.24) is 9.62 Å². The van der Waals surface area contributed by atoms with E-state index in [-0.39, 0.29) is 24.2 Å². The highest BCUT2D eigenvalue weighted by molar-refractivity contribution is 7.88. The van der Waals surface area contributed by atoms with E-state index in [9.17, 15) is 13.2 Å². The Morgan fingerprint density at radius 3 is 2.46 bits per heavy atom. The Morgan fingerprint density at radius 2 is 1.88 bits per heavy atom. The molecule has 136 valence electrons. The van der Waals surface area contributed by atoms with Crippen LogP contribution in [0, 0.1) is 5.92 Å². The zero-order valence-electron chi connectivity index (χ0n) is 14.1. The summed E-state index contributed by atoms with van der Waals surface area (Å²) >= 11 is 0. The quantitative estimate of drug-likeness (QED) is 0.795. The predicted octanol–water partition coefficient (Wildman–Crippen LogP) is 1.83. The summed E-state index contributed by atoms with van der Waals surface area (Å²) in [7, 11) is -3.16. The number of carbonyl (C=O) groups excluding carboxylic acids is 1. The van der Waals surface area contributed by atoms with Gasteiger partial charge in [0, 0.05) is 31.2 Å². The second-order valence-corrected chi connectivity index (χ2v) is 7.85. The number of nitrogens with one attached hydrogen (secondary N) is 2. The summed E-state index contributed by atoms with van der Waals surface area (Å²) in [5, 5.41) is 6.25. The van der Waals surface area contributed by atoms with Crippen LogP contribution in [-0.4, -0.2) is 44.5 Å². The fourth-order valence-electron chi connectivity index (χ4n) is 2.74. The van der Waals surface area contributed by atoms with E-state index in [4.69, 9.17) is 0 Å². The number of benzene rings is 1. The fraction of sp³-hybridized carbons (Fsp3) is 0.562. The summed E-state index contributed by atoms with van der Waals surface area (Å²) in [5.41, 5.74) is 1.88. The molecule has 0 bridgehead atoms. The fourth-order valence-corrected chi connectivity index (χ4v) is 3.61. The van der Waals surface area contributed by atoms with Crippen LogP contribution < -0.4 is 10.6 Å². The van der Waals surface area contributed by atoms with Crippen LogP contribution >= 0.6 is 12.4 Å². The van der Waals surface area contributed by atoms with Crippen molar-refractivity contribution in [2.75, 3.05) is 31.2 Å². The first kappa shape index (κ1) is 20.9. The first-order valence-corrected chi connectivity index (χ1v) is 9.81. The molecule has 8 heteroatoms. The average molecular weight is 376 g/mol. The Morgan fingerprint density at radius 1 is 1.25 bits per heavy atom. The molecule has 0 saturated carbocycles. The number of hydrogen-bond donors (Lipinski definition) is 2. The van der Waals surface area contributed by atoms with Crippen LogP contribution in [-0.2, 0) is 21.4 Å². The molecule has 1 heterocycles. The molecule has 0 atom stereocenters. The van der Waals surface area contributed by atoms with Crippen molar-refractivity contribution < 1.29 is 13.2 Å². The summed E-state index contributed by atoms with van der Waals surface area (Å²) in [5.74, 6) is -0.165. The van der Waals surface area contributed by atoms with Gasteiger partial charge in [-0.1, -0.05) is 25.1 Å². The maximum absolute atomic E-state index is 12.5. The van der Waals surface area contributed by atoms with Gasteiger partial charge < -0.3 is 10.6 Å². The third kappa shape index (κ3) is 5.73. The van der Waals surface area contributed by atoms with E-state index in [1.807, 2.05) is 31.2 Å². The number of piperidine rings is 1. The lowest BCUT2D eigenvalue weighted by atomic mass is 9.97. The summed E-state index contributed by atoms with van der Waals surface area (Å²) in [6, 6.07) is 7.74. The van der Waals surface area contributed by atoms with Gasteiger partial charge >= 0.3 is 0 Å². The van der Waals surface area contributed by atoms with Crippen LogP contribution in [0.1, 0.15) is 25.3 Å². The zero-order chi connectivity index (χ0) is 16.9. The lowest BCUT2D eigenvalue weighted by Gasteiger charge is -2.29. The summed E-state index contributed by atoms with van der Waals surface area (Å²) in [4.78, 5) is 12.5. The second kappa shape index (κ2) is 9.36. The Balaban J connectivity index is 0.00000288. The minimum atomic E-state index is -3.16. The lowest BCUT2D eigenvalue weighted by molar-refractivity contribution is -0.120. The van der Waals surface area contributed by atoms with Gasteiger partial charge in [-0.15, -0.1) is 12.4 Å². The van der Waals surface area contributed by atoms with Gasteiger partial charge in [0.25, 0.3) is 0 Å². The number of halogens is 1.